The first kappa shape index (κ1) is 12.9. The summed E-state index contributed by atoms with van der Waals surface area (Å²) >= 11 is 11.7. The summed E-state index contributed by atoms with van der Waals surface area (Å²) < 4.78 is 4.94. The molecule has 0 aliphatic heterocycles. The standard InChI is InChI=1S/C12H10Cl2N2O2/c1-6-11(7(2)18-16-6)12(17)15-8-3-4-9(13)10(14)5-8/h3-5H,1-2H3,(H,15,17). The van der Waals surface area contributed by atoms with Gasteiger partial charge >= 0.3 is 0 Å². The minimum atomic E-state index is -0.287. The molecule has 0 aliphatic carbocycles. The van der Waals surface area contributed by atoms with Crippen molar-refractivity contribution in [2.75, 3.05) is 5.32 Å². The SMILES string of the molecule is Cc1noc(C)c1C(=O)Nc1ccc(Cl)c(Cl)c1. The molecular weight excluding hydrogens is 275 g/mol. The predicted molar refractivity (Wildman–Crippen MR) is 70.4 cm³/mol. The third-order valence-electron chi connectivity index (χ3n) is 2.44. The first-order valence-electron chi connectivity index (χ1n) is 5.18. The molecule has 0 fully saturated rings. The molecule has 0 bridgehead atoms. The van der Waals surface area contributed by atoms with Crippen molar-refractivity contribution in [3.63, 3.8) is 0 Å². The second-order valence-corrected chi connectivity index (χ2v) is 4.60. The van der Waals surface area contributed by atoms with E-state index in [-0.39, 0.29) is 5.91 Å². The maximum atomic E-state index is 12.0. The lowest BCUT2D eigenvalue weighted by atomic mass is 10.2. The highest BCUT2D eigenvalue weighted by Gasteiger charge is 2.17. The van der Waals surface area contributed by atoms with Crippen molar-refractivity contribution >= 4 is 34.8 Å². The second-order valence-electron chi connectivity index (χ2n) is 3.78. The average Bonchev–Trinajstić information content (AvgIpc) is 2.64. The molecule has 2 rings (SSSR count). The monoisotopic (exact) mass is 284 g/mol. The zero-order chi connectivity index (χ0) is 13.3. The van der Waals surface area contributed by atoms with Gasteiger partial charge in [-0.3, -0.25) is 4.79 Å². The van der Waals surface area contributed by atoms with Crippen LogP contribution in [-0.2, 0) is 0 Å². The highest BCUT2D eigenvalue weighted by molar-refractivity contribution is 6.42. The number of aromatic nitrogens is 1. The molecule has 0 unspecified atom stereocenters. The fourth-order valence-corrected chi connectivity index (χ4v) is 1.87. The number of halogens is 2. The Morgan fingerprint density at radius 3 is 2.56 bits per heavy atom. The van der Waals surface area contributed by atoms with E-state index in [2.05, 4.69) is 10.5 Å². The third-order valence-corrected chi connectivity index (χ3v) is 3.18. The Kier molecular flexibility index (Phi) is 3.59. The molecule has 0 saturated heterocycles. The summed E-state index contributed by atoms with van der Waals surface area (Å²) in [5, 5.41) is 7.26. The van der Waals surface area contributed by atoms with Crippen molar-refractivity contribution in [3.05, 3.63) is 45.3 Å². The van der Waals surface area contributed by atoms with Crippen LogP contribution >= 0.6 is 23.2 Å². The van der Waals surface area contributed by atoms with Crippen LogP contribution in [-0.4, -0.2) is 11.1 Å². The van der Waals surface area contributed by atoms with E-state index in [1.807, 2.05) is 0 Å². The zero-order valence-electron chi connectivity index (χ0n) is 9.75. The van der Waals surface area contributed by atoms with E-state index >= 15 is 0 Å². The first-order chi connectivity index (χ1) is 8.49. The van der Waals surface area contributed by atoms with Gasteiger partial charge in [0.15, 0.2) is 0 Å². The van der Waals surface area contributed by atoms with E-state index in [1.54, 1.807) is 32.0 Å². The number of carbonyl (C=O) groups excluding carboxylic acids is 1. The number of hydrogen-bond donors (Lipinski definition) is 1. The van der Waals surface area contributed by atoms with Crippen molar-refractivity contribution in [1.29, 1.82) is 0 Å². The molecule has 1 aromatic carbocycles. The Morgan fingerprint density at radius 1 is 1.28 bits per heavy atom. The molecule has 6 heteroatoms. The molecule has 0 spiro atoms. The lowest BCUT2D eigenvalue weighted by Crippen LogP contribution is -2.13. The van der Waals surface area contributed by atoms with Gasteiger partial charge in [-0.25, -0.2) is 0 Å². The molecule has 0 radical (unpaired) electrons. The Bertz CT molecular complexity index is 589. The molecule has 1 aromatic heterocycles. The predicted octanol–water partition coefficient (Wildman–Crippen LogP) is 3.85. The quantitative estimate of drug-likeness (QED) is 0.911. The van der Waals surface area contributed by atoms with Crippen LogP contribution in [0.15, 0.2) is 22.7 Å². The van der Waals surface area contributed by atoms with Gasteiger partial charge in [-0.1, -0.05) is 28.4 Å². The highest BCUT2D eigenvalue weighted by Crippen LogP contribution is 2.25. The number of nitrogens with one attached hydrogen (secondary N) is 1. The zero-order valence-corrected chi connectivity index (χ0v) is 11.3. The van der Waals surface area contributed by atoms with E-state index in [4.69, 9.17) is 27.7 Å². The molecule has 1 amide bonds. The summed E-state index contributed by atoms with van der Waals surface area (Å²) in [7, 11) is 0. The van der Waals surface area contributed by atoms with Crippen LogP contribution in [0.4, 0.5) is 5.69 Å². The van der Waals surface area contributed by atoms with Gasteiger partial charge in [0.1, 0.15) is 11.3 Å². The number of nitrogens with zero attached hydrogens (tertiary/aromatic N) is 1. The molecule has 0 atom stereocenters. The number of rotatable bonds is 2. The molecule has 0 saturated carbocycles. The van der Waals surface area contributed by atoms with Crippen molar-refractivity contribution in [1.82, 2.24) is 5.16 Å². The lowest BCUT2D eigenvalue weighted by Gasteiger charge is -2.05. The minimum Gasteiger partial charge on any atom is -0.361 e. The molecule has 18 heavy (non-hydrogen) atoms. The molecule has 0 aliphatic rings. The van der Waals surface area contributed by atoms with Gasteiger partial charge < -0.3 is 9.84 Å². The van der Waals surface area contributed by atoms with Crippen LogP contribution < -0.4 is 5.32 Å². The Hall–Kier alpha value is -1.52. The first-order valence-corrected chi connectivity index (χ1v) is 5.94. The molecular formula is C12H10Cl2N2O2. The minimum absolute atomic E-state index is 0.287. The van der Waals surface area contributed by atoms with Crippen LogP contribution in [0.3, 0.4) is 0 Å². The summed E-state index contributed by atoms with van der Waals surface area (Å²) in [5.41, 5.74) is 1.54. The van der Waals surface area contributed by atoms with Gasteiger partial charge in [0.25, 0.3) is 5.91 Å². The summed E-state index contributed by atoms with van der Waals surface area (Å²) in [5.74, 6) is 0.190. The van der Waals surface area contributed by atoms with E-state index in [1.165, 1.54) is 0 Å². The van der Waals surface area contributed by atoms with Crippen LogP contribution in [0.1, 0.15) is 21.8 Å². The Balaban J connectivity index is 2.24. The highest BCUT2D eigenvalue weighted by atomic mass is 35.5. The number of carbonyl (C=O) groups is 1. The van der Waals surface area contributed by atoms with Crippen LogP contribution in [0.2, 0.25) is 10.0 Å². The molecule has 1 heterocycles. The second kappa shape index (κ2) is 5.00. The van der Waals surface area contributed by atoms with Crippen molar-refractivity contribution in [2.45, 2.75) is 13.8 Å². The molecule has 2 aromatic rings. The summed E-state index contributed by atoms with van der Waals surface area (Å²) in [4.78, 5) is 12.0. The van der Waals surface area contributed by atoms with Crippen molar-refractivity contribution < 1.29 is 9.32 Å². The Labute approximate surface area is 114 Å². The maximum absolute atomic E-state index is 12.0. The van der Waals surface area contributed by atoms with Gasteiger partial charge in [-0.15, -0.1) is 0 Å². The third kappa shape index (κ3) is 2.49. The van der Waals surface area contributed by atoms with E-state index in [0.717, 1.165) is 0 Å². The van der Waals surface area contributed by atoms with Crippen molar-refractivity contribution in [3.8, 4) is 0 Å². The van der Waals surface area contributed by atoms with E-state index < -0.39 is 0 Å². The largest absolute Gasteiger partial charge is 0.361 e. The normalized spacial score (nSPS) is 10.4. The van der Waals surface area contributed by atoms with Crippen LogP contribution in [0.25, 0.3) is 0 Å². The number of hydrogen-bond acceptors (Lipinski definition) is 3. The van der Waals surface area contributed by atoms with Gasteiger partial charge in [-0.2, -0.15) is 0 Å². The molecule has 4 nitrogen and oxygen atoms in total. The van der Waals surface area contributed by atoms with Gasteiger partial charge in [-0.05, 0) is 32.0 Å². The summed E-state index contributed by atoms with van der Waals surface area (Å²) in [6.07, 6.45) is 0. The molecule has 94 valence electrons. The molecule has 1 N–H and O–H groups in total. The number of benzene rings is 1. The van der Waals surface area contributed by atoms with E-state index in [9.17, 15) is 4.79 Å². The fourth-order valence-electron chi connectivity index (χ4n) is 1.57. The van der Waals surface area contributed by atoms with Gasteiger partial charge in [0.2, 0.25) is 0 Å². The van der Waals surface area contributed by atoms with Crippen molar-refractivity contribution in [2.24, 2.45) is 0 Å². The summed E-state index contributed by atoms with van der Waals surface area (Å²) in [6.45, 7) is 3.39. The van der Waals surface area contributed by atoms with Crippen LogP contribution in [0, 0.1) is 13.8 Å². The van der Waals surface area contributed by atoms with Gasteiger partial charge in [0.05, 0.1) is 15.7 Å². The topological polar surface area (TPSA) is 55.1 Å². The number of amides is 1. The lowest BCUT2D eigenvalue weighted by molar-refractivity contribution is 0.102. The van der Waals surface area contributed by atoms with E-state index in [0.29, 0.717) is 32.8 Å². The van der Waals surface area contributed by atoms with Gasteiger partial charge in [0, 0.05) is 5.69 Å². The summed E-state index contributed by atoms with van der Waals surface area (Å²) in [6, 6.07) is 4.87. The maximum Gasteiger partial charge on any atom is 0.261 e. The smallest absolute Gasteiger partial charge is 0.261 e. The Morgan fingerprint density at radius 2 is 2.00 bits per heavy atom. The fraction of sp³-hybridized carbons (Fsp3) is 0.167. The number of anilines is 1. The average molecular weight is 285 g/mol. The van der Waals surface area contributed by atoms with Crippen LogP contribution in [0.5, 0.6) is 0 Å². The number of aryl methyl sites for hydroxylation is 2.